The van der Waals surface area contributed by atoms with Gasteiger partial charge >= 0.3 is 0 Å². The molecule has 1 amide bonds. The maximum Gasteiger partial charge on any atom is 0.264 e. The predicted octanol–water partition coefficient (Wildman–Crippen LogP) is 3.18. The molecule has 4 nitrogen and oxygen atoms in total. The topological polar surface area (TPSA) is 57.6 Å². The van der Waals surface area contributed by atoms with E-state index in [0.29, 0.717) is 30.6 Å². The first kappa shape index (κ1) is 16.0. The van der Waals surface area contributed by atoms with Gasteiger partial charge in [-0.05, 0) is 24.5 Å². The number of rotatable bonds is 3. The van der Waals surface area contributed by atoms with Crippen LogP contribution in [0.25, 0.3) is 0 Å². The number of fused-ring (bicyclic) bond motifs is 1. The number of ketones is 1. The lowest BCUT2D eigenvalue weighted by Crippen LogP contribution is -2.49. The Balaban J connectivity index is 1.77. The number of anilines is 1. The van der Waals surface area contributed by atoms with E-state index in [1.807, 2.05) is 48.5 Å². The molecular weight excluding hydrogens is 314 g/mol. The van der Waals surface area contributed by atoms with Gasteiger partial charge in [-0.15, -0.1) is 0 Å². The Morgan fingerprint density at radius 3 is 2.48 bits per heavy atom. The van der Waals surface area contributed by atoms with Crippen molar-refractivity contribution in [2.24, 2.45) is 5.92 Å². The summed E-state index contributed by atoms with van der Waals surface area (Å²) in [6.07, 6.45) is 2.72. The number of nitrogens with zero attached hydrogens (tertiary/aromatic N) is 1. The molecule has 1 fully saturated rings. The maximum atomic E-state index is 13.3. The Kier molecular flexibility index (Phi) is 3.92. The minimum Gasteiger partial charge on any atom is -0.375 e. The highest BCUT2D eigenvalue weighted by Crippen LogP contribution is 2.48. The summed E-state index contributed by atoms with van der Waals surface area (Å²) >= 11 is 0. The second-order valence-corrected chi connectivity index (χ2v) is 6.93. The molecule has 1 aliphatic carbocycles. The van der Waals surface area contributed by atoms with E-state index in [9.17, 15) is 14.7 Å². The Labute approximate surface area is 147 Å². The van der Waals surface area contributed by atoms with Crippen LogP contribution in [0.15, 0.2) is 54.6 Å². The third kappa shape index (κ3) is 2.48. The second-order valence-electron chi connectivity index (χ2n) is 6.93. The van der Waals surface area contributed by atoms with Gasteiger partial charge in [0.2, 0.25) is 0 Å². The van der Waals surface area contributed by atoms with E-state index >= 15 is 0 Å². The van der Waals surface area contributed by atoms with Crippen LogP contribution >= 0.6 is 0 Å². The van der Waals surface area contributed by atoms with E-state index in [4.69, 9.17) is 0 Å². The Morgan fingerprint density at radius 1 is 1.00 bits per heavy atom. The van der Waals surface area contributed by atoms with Crippen LogP contribution in [0.2, 0.25) is 0 Å². The molecule has 25 heavy (non-hydrogen) atoms. The lowest BCUT2D eigenvalue weighted by atomic mass is 9.73. The third-order valence-corrected chi connectivity index (χ3v) is 5.42. The van der Waals surface area contributed by atoms with Crippen molar-refractivity contribution in [3.8, 4) is 0 Å². The highest BCUT2D eigenvalue weighted by Gasteiger charge is 2.56. The number of para-hydroxylation sites is 1. The lowest BCUT2D eigenvalue weighted by molar-refractivity contribution is -0.152. The molecule has 2 atom stereocenters. The number of carbonyl (C=O) groups is 2. The van der Waals surface area contributed by atoms with Crippen LogP contribution in [0.5, 0.6) is 0 Å². The molecule has 0 radical (unpaired) electrons. The van der Waals surface area contributed by atoms with E-state index in [1.165, 1.54) is 0 Å². The molecule has 0 spiro atoms. The monoisotopic (exact) mass is 335 g/mol. The van der Waals surface area contributed by atoms with Crippen molar-refractivity contribution in [2.45, 2.75) is 37.8 Å². The van der Waals surface area contributed by atoms with Crippen molar-refractivity contribution < 1.29 is 14.7 Å². The van der Waals surface area contributed by atoms with E-state index in [1.54, 1.807) is 11.0 Å². The first-order chi connectivity index (χ1) is 12.1. The van der Waals surface area contributed by atoms with E-state index in [2.05, 4.69) is 0 Å². The van der Waals surface area contributed by atoms with Crippen LogP contribution in [0.1, 0.15) is 36.8 Å². The minimum atomic E-state index is -1.73. The number of hydrogen-bond acceptors (Lipinski definition) is 3. The van der Waals surface area contributed by atoms with Gasteiger partial charge in [0, 0.05) is 12.0 Å². The summed E-state index contributed by atoms with van der Waals surface area (Å²) in [4.78, 5) is 27.4. The van der Waals surface area contributed by atoms with Crippen LogP contribution < -0.4 is 4.90 Å². The highest BCUT2D eigenvalue weighted by atomic mass is 16.3. The molecule has 1 saturated carbocycles. The first-order valence-electron chi connectivity index (χ1n) is 8.83. The largest absolute Gasteiger partial charge is 0.375 e. The van der Waals surface area contributed by atoms with Crippen molar-refractivity contribution in [1.29, 1.82) is 0 Å². The zero-order chi connectivity index (χ0) is 17.4. The second kappa shape index (κ2) is 6.12. The Morgan fingerprint density at radius 2 is 1.72 bits per heavy atom. The van der Waals surface area contributed by atoms with E-state index in [0.717, 1.165) is 18.4 Å². The molecule has 0 bridgehead atoms. The zero-order valence-electron chi connectivity index (χ0n) is 14.0. The third-order valence-electron chi connectivity index (χ3n) is 5.42. The molecule has 2 aliphatic rings. The summed E-state index contributed by atoms with van der Waals surface area (Å²) in [6.45, 7) is 0.389. The fraction of sp³-hybridized carbons (Fsp3) is 0.333. The predicted molar refractivity (Wildman–Crippen MR) is 94.9 cm³/mol. The van der Waals surface area contributed by atoms with Gasteiger partial charge in [0.15, 0.2) is 5.60 Å². The average Bonchev–Trinajstić information content (AvgIpc) is 2.86. The maximum absolute atomic E-state index is 13.3. The van der Waals surface area contributed by atoms with Gasteiger partial charge < -0.3 is 10.0 Å². The van der Waals surface area contributed by atoms with Gasteiger partial charge in [-0.25, -0.2) is 0 Å². The summed E-state index contributed by atoms with van der Waals surface area (Å²) < 4.78 is 0. The van der Waals surface area contributed by atoms with E-state index in [-0.39, 0.29) is 11.7 Å². The van der Waals surface area contributed by atoms with Gasteiger partial charge in [0.05, 0.1) is 18.2 Å². The molecule has 0 unspecified atom stereocenters. The SMILES string of the molecule is O=C1CCCC[C@H]1[C@]1(O)C(=O)N(Cc2ccccc2)c2ccccc21. The Hall–Kier alpha value is -2.46. The van der Waals surface area contributed by atoms with Gasteiger partial charge in [0.25, 0.3) is 5.91 Å². The smallest absolute Gasteiger partial charge is 0.264 e. The average molecular weight is 335 g/mol. The number of Topliss-reactive ketones (excluding diaryl/α,β-unsaturated/α-hetero) is 1. The number of aliphatic hydroxyl groups is 1. The van der Waals surface area contributed by atoms with Gasteiger partial charge in [-0.3, -0.25) is 9.59 Å². The highest BCUT2D eigenvalue weighted by molar-refractivity contribution is 6.09. The van der Waals surface area contributed by atoms with Gasteiger partial charge in [0.1, 0.15) is 5.78 Å². The van der Waals surface area contributed by atoms with Crippen molar-refractivity contribution in [3.63, 3.8) is 0 Å². The fourth-order valence-electron chi connectivity index (χ4n) is 4.15. The van der Waals surface area contributed by atoms with Gasteiger partial charge in [-0.1, -0.05) is 55.0 Å². The molecule has 1 N–H and O–H groups in total. The first-order valence-corrected chi connectivity index (χ1v) is 8.83. The van der Waals surface area contributed by atoms with Crippen LogP contribution in [-0.2, 0) is 21.7 Å². The van der Waals surface area contributed by atoms with Crippen LogP contribution in [0, 0.1) is 5.92 Å². The Bertz CT molecular complexity index is 817. The minimum absolute atomic E-state index is 0.00142. The summed E-state index contributed by atoms with van der Waals surface area (Å²) in [5, 5.41) is 11.4. The number of hydrogen-bond donors (Lipinski definition) is 1. The summed E-state index contributed by atoms with van der Waals surface area (Å²) in [7, 11) is 0. The van der Waals surface area contributed by atoms with Gasteiger partial charge in [-0.2, -0.15) is 0 Å². The molecule has 2 aromatic carbocycles. The van der Waals surface area contributed by atoms with Crippen molar-refractivity contribution in [1.82, 2.24) is 0 Å². The standard InChI is InChI=1S/C21H21NO3/c23-19-13-7-5-11-17(19)21(25)16-10-4-6-12-18(16)22(20(21)24)14-15-8-2-1-3-9-15/h1-4,6,8-10,12,17,25H,5,7,11,13-14H2/t17-,21+/m1/s1. The molecule has 4 rings (SSSR count). The van der Waals surface area contributed by atoms with Crippen molar-refractivity contribution in [2.75, 3.05) is 4.90 Å². The van der Waals surface area contributed by atoms with Crippen molar-refractivity contribution >= 4 is 17.4 Å². The fourth-order valence-corrected chi connectivity index (χ4v) is 4.15. The molecule has 1 aliphatic heterocycles. The zero-order valence-corrected chi connectivity index (χ0v) is 14.0. The van der Waals surface area contributed by atoms with Crippen LogP contribution in [0.3, 0.4) is 0 Å². The summed E-state index contributed by atoms with van der Waals surface area (Å²) in [5.41, 5.74) is 0.529. The summed E-state index contributed by atoms with van der Waals surface area (Å²) in [5.74, 6) is -1.02. The number of amides is 1. The molecular formula is C21H21NO3. The number of benzene rings is 2. The molecule has 0 saturated heterocycles. The number of carbonyl (C=O) groups excluding carboxylic acids is 2. The molecule has 1 heterocycles. The van der Waals surface area contributed by atoms with Crippen LogP contribution in [0.4, 0.5) is 5.69 Å². The molecule has 2 aromatic rings. The molecule has 4 heteroatoms. The normalized spacial score (nSPS) is 26.0. The van der Waals surface area contributed by atoms with Crippen LogP contribution in [-0.4, -0.2) is 16.8 Å². The summed E-state index contributed by atoms with van der Waals surface area (Å²) in [6, 6.07) is 17.0. The van der Waals surface area contributed by atoms with Crippen molar-refractivity contribution in [3.05, 3.63) is 65.7 Å². The quantitative estimate of drug-likeness (QED) is 0.937. The molecule has 0 aromatic heterocycles. The van der Waals surface area contributed by atoms with E-state index < -0.39 is 11.5 Å². The lowest BCUT2D eigenvalue weighted by Gasteiger charge is -2.33. The molecule has 128 valence electrons.